The Balaban J connectivity index is 2.02. The number of aromatic nitrogens is 2. The predicted octanol–water partition coefficient (Wildman–Crippen LogP) is 1.85. The fourth-order valence-corrected chi connectivity index (χ4v) is 1.68. The van der Waals surface area contributed by atoms with Gasteiger partial charge in [-0.15, -0.1) is 0 Å². The molecule has 1 aromatic rings. The number of rotatable bonds is 1. The number of ether oxygens (including phenoxy) is 1. The Hall–Kier alpha value is -1.78. The first-order chi connectivity index (χ1) is 7.90. The number of hydrogen-bond donors (Lipinski definition) is 0. The van der Waals surface area contributed by atoms with Crippen molar-refractivity contribution in [3.8, 4) is 17.9 Å². The van der Waals surface area contributed by atoms with Gasteiger partial charge in [-0.3, -0.25) is 0 Å². The topological polar surface area (TPSA) is 50.8 Å². The van der Waals surface area contributed by atoms with Crippen LogP contribution in [0.25, 0.3) is 0 Å². The maximum absolute atomic E-state index is 8.36. The Labute approximate surface area is 94.8 Å². The van der Waals surface area contributed by atoms with Crippen LogP contribution in [0.15, 0.2) is 12.4 Å². The van der Waals surface area contributed by atoms with E-state index in [9.17, 15) is 0 Å². The highest BCUT2D eigenvalue weighted by molar-refractivity contribution is 5.30. The molecule has 1 aromatic heterocycles. The van der Waals surface area contributed by atoms with Gasteiger partial charge in [0.05, 0.1) is 24.3 Å². The van der Waals surface area contributed by atoms with Crippen LogP contribution in [0.2, 0.25) is 0 Å². The highest BCUT2D eigenvalue weighted by atomic mass is 16.5. The molecule has 0 bridgehead atoms. The summed E-state index contributed by atoms with van der Waals surface area (Å²) in [4.78, 5) is 0. The van der Waals surface area contributed by atoms with E-state index < -0.39 is 0 Å². The van der Waals surface area contributed by atoms with Gasteiger partial charge in [-0.05, 0) is 19.3 Å². The minimum Gasteiger partial charge on any atom is -0.357 e. The molecule has 0 aromatic carbocycles. The average molecular weight is 215 g/mol. The average Bonchev–Trinajstić information content (AvgIpc) is 2.79. The van der Waals surface area contributed by atoms with Crippen molar-refractivity contribution in [1.82, 2.24) is 9.78 Å². The molecule has 82 valence electrons. The van der Waals surface area contributed by atoms with Gasteiger partial charge in [0.1, 0.15) is 6.23 Å². The van der Waals surface area contributed by atoms with Gasteiger partial charge in [-0.1, -0.05) is 11.8 Å². The molecule has 0 aliphatic carbocycles. The molecular formula is C12H13N3O. The second-order valence-electron chi connectivity index (χ2n) is 3.67. The molecule has 0 spiro atoms. The summed E-state index contributed by atoms with van der Waals surface area (Å²) in [5.74, 6) is 5.66. The minimum absolute atomic E-state index is 0.0558. The van der Waals surface area contributed by atoms with Gasteiger partial charge in [-0.2, -0.15) is 10.4 Å². The van der Waals surface area contributed by atoms with E-state index >= 15 is 0 Å². The summed E-state index contributed by atoms with van der Waals surface area (Å²) in [6.07, 6.45) is 7.22. The maximum Gasteiger partial charge on any atom is 0.150 e. The standard InChI is InChI=1S/C12H13N3O/c13-7-3-1-5-11-9-14-15(10-11)12-6-2-4-8-16-12/h9-10,12H,2-4,6,8H2/t12-/m0/s1. The lowest BCUT2D eigenvalue weighted by molar-refractivity contribution is -0.0395. The van der Waals surface area contributed by atoms with Crippen molar-refractivity contribution in [2.45, 2.75) is 31.9 Å². The zero-order valence-electron chi connectivity index (χ0n) is 9.02. The van der Waals surface area contributed by atoms with Crippen LogP contribution >= 0.6 is 0 Å². The summed E-state index contributed by atoms with van der Waals surface area (Å²) in [6, 6.07) is 1.98. The smallest absolute Gasteiger partial charge is 0.150 e. The van der Waals surface area contributed by atoms with E-state index in [0.29, 0.717) is 0 Å². The largest absolute Gasteiger partial charge is 0.357 e. The summed E-state index contributed by atoms with van der Waals surface area (Å²) < 4.78 is 7.42. The summed E-state index contributed by atoms with van der Waals surface area (Å²) in [7, 11) is 0. The van der Waals surface area contributed by atoms with Crippen molar-refractivity contribution in [3.05, 3.63) is 18.0 Å². The molecule has 0 amide bonds. The molecule has 2 rings (SSSR count). The summed E-state index contributed by atoms with van der Waals surface area (Å²) in [5.41, 5.74) is 0.837. The van der Waals surface area contributed by atoms with E-state index in [2.05, 4.69) is 16.9 Å². The molecule has 1 aliphatic heterocycles. The van der Waals surface area contributed by atoms with Gasteiger partial charge in [0.15, 0.2) is 0 Å². The van der Waals surface area contributed by atoms with Gasteiger partial charge < -0.3 is 4.74 Å². The molecule has 1 aliphatic rings. The highest BCUT2D eigenvalue weighted by Crippen LogP contribution is 2.21. The molecule has 0 unspecified atom stereocenters. The van der Waals surface area contributed by atoms with Crippen LogP contribution in [0.5, 0.6) is 0 Å². The minimum atomic E-state index is 0.0558. The number of nitrogens with zero attached hydrogens (tertiary/aromatic N) is 3. The van der Waals surface area contributed by atoms with E-state index in [0.717, 1.165) is 25.0 Å². The second-order valence-corrected chi connectivity index (χ2v) is 3.67. The van der Waals surface area contributed by atoms with Crippen LogP contribution in [-0.4, -0.2) is 16.4 Å². The molecule has 4 nitrogen and oxygen atoms in total. The van der Waals surface area contributed by atoms with E-state index in [4.69, 9.17) is 10.00 Å². The zero-order chi connectivity index (χ0) is 11.2. The molecule has 2 heterocycles. The monoisotopic (exact) mass is 215 g/mol. The normalized spacial score (nSPS) is 19.6. The Morgan fingerprint density at radius 1 is 1.56 bits per heavy atom. The molecule has 1 saturated heterocycles. The van der Waals surface area contributed by atoms with E-state index in [1.54, 1.807) is 6.20 Å². The Bertz CT molecular complexity index is 441. The highest BCUT2D eigenvalue weighted by Gasteiger charge is 2.15. The van der Waals surface area contributed by atoms with Gasteiger partial charge in [0, 0.05) is 12.8 Å². The van der Waals surface area contributed by atoms with Crippen LogP contribution < -0.4 is 0 Å². The number of nitriles is 1. The van der Waals surface area contributed by atoms with Crippen LogP contribution in [0.3, 0.4) is 0 Å². The first-order valence-electron chi connectivity index (χ1n) is 5.42. The van der Waals surface area contributed by atoms with Crippen molar-refractivity contribution in [3.63, 3.8) is 0 Å². The lowest BCUT2D eigenvalue weighted by Crippen LogP contribution is -2.18. The fraction of sp³-hybridized carbons (Fsp3) is 0.500. The van der Waals surface area contributed by atoms with E-state index in [1.165, 1.54) is 6.42 Å². The first-order valence-corrected chi connectivity index (χ1v) is 5.42. The fourth-order valence-electron chi connectivity index (χ4n) is 1.68. The molecule has 1 fully saturated rings. The Kier molecular flexibility index (Phi) is 3.58. The molecule has 4 heteroatoms. The molecule has 0 saturated carbocycles. The summed E-state index contributed by atoms with van der Waals surface area (Å²) in [5, 5.41) is 12.6. The maximum atomic E-state index is 8.36. The third-order valence-electron chi connectivity index (χ3n) is 2.45. The quantitative estimate of drug-likeness (QED) is 0.672. The van der Waals surface area contributed by atoms with Gasteiger partial charge in [0.25, 0.3) is 0 Å². The van der Waals surface area contributed by atoms with Crippen LogP contribution in [0.1, 0.15) is 37.5 Å². The number of hydrogen-bond acceptors (Lipinski definition) is 3. The summed E-state index contributed by atoms with van der Waals surface area (Å²) in [6.45, 7) is 0.806. The van der Waals surface area contributed by atoms with Crippen LogP contribution in [0, 0.1) is 23.2 Å². The van der Waals surface area contributed by atoms with Gasteiger partial charge in [-0.25, -0.2) is 4.68 Å². The summed E-state index contributed by atoms with van der Waals surface area (Å²) >= 11 is 0. The van der Waals surface area contributed by atoms with E-state index in [1.807, 2.05) is 16.9 Å². The first kappa shape index (κ1) is 10.7. The third kappa shape index (κ3) is 2.62. The van der Waals surface area contributed by atoms with Gasteiger partial charge in [0.2, 0.25) is 0 Å². The predicted molar refractivity (Wildman–Crippen MR) is 58.2 cm³/mol. The van der Waals surface area contributed by atoms with Crippen molar-refractivity contribution in [2.75, 3.05) is 6.61 Å². The van der Waals surface area contributed by atoms with Crippen LogP contribution in [0.4, 0.5) is 0 Å². The van der Waals surface area contributed by atoms with Crippen molar-refractivity contribution >= 4 is 0 Å². The lowest BCUT2D eigenvalue weighted by Gasteiger charge is -2.22. The van der Waals surface area contributed by atoms with Crippen molar-refractivity contribution in [2.24, 2.45) is 0 Å². The SMILES string of the molecule is N#CCC#Cc1cnn([C@@H]2CCCCO2)c1. The second kappa shape index (κ2) is 5.34. The van der Waals surface area contributed by atoms with E-state index in [-0.39, 0.29) is 12.6 Å². The molecule has 0 radical (unpaired) electrons. The lowest BCUT2D eigenvalue weighted by atomic mass is 10.2. The third-order valence-corrected chi connectivity index (χ3v) is 2.45. The molecule has 1 atom stereocenters. The van der Waals surface area contributed by atoms with Gasteiger partial charge >= 0.3 is 0 Å². The molecular weight excluding hydrogens is 202 g/mol. The van der Waals surface area contributed by atoms with Crippen molar-refractivity contribution < 1.29 is 4.74 Å². The Morgan fingerprint density at radius 2 is 2.50 bits per heavy atom. The van der Waals surface area contributed by atoms with Crippen LogP contribution in [-0.2, 0) is 4.74 Å². The Morgan fingerprint density at radius 3 is 3.25 bits per heavy atom. The molecule has 0 N–H and O–H groups in total. The zero-order valence-corrected chi connectivity index (χ0v) is 9.02. The van der Waals surface area contributed by atoms with Crippen molar-refractivity contribution in [1.29, 1.82) is 5.26 Å². The molecule has 16 heavy (non-hydrogen) atoms.